The molecule has 5 nitrogen and oxygen atoms in total. The predicted molar refractivity (Wildman–Crippen MR) is 107 cm³/mol. The van der Waals surface area contributed by atoms with Gasteiger partial charge in [-0.2, -0.15) is 0 Å². The van der Waals surface area contributed by atoms with Gasteiger partial charge in [-0.1, -0.05) is 40.2 Å². The molecule has 2 aromatic carbocycles. The Morgan fingerprint density at radius 2 is 1.88 bits per heavy atom. The maximum absolute atomic E-state index is 12.6. The minimum absolute atomic E-state index is 0.0706. The molecule has 0 aromatic heterocycles. The van der Waals surface area contributed by atoms with Crippen LogP contribution >= 0.6 is 15.9 Å². The van der Waals surface area contributed by atoms with Crippen molar-refractivity contribution in [3.8, 4) is 0 Å². The van der Waals surface area contributed by atoms with Crippen LogP contribution in [-0.4, -0.2) is 27.1 Å². The monoisotopic (exact) mass is 436 g/mol. The van der Waals surface area contributed by atoms with Crippen LogP contribution in [0, 0.1) is 0 Å². The number of halogens is 1. The van der Waals surface area contributed by atoms with Crippen LogP contribution < -0.4 is 9.62 Å². The van der Waals surface area contributed by atoms with E-state index in [1.54, 1.807) is 24.3 Å². The summed E-state index contributed by atoms with van der Waals surface area (Å²) in [5.41, 5.74) is 2.84. The van der Waals surface area contributed by atoms with Crippen LogP contribution in [0.3, 0.4) is 0 Å². The quantitative estimate of drug-likeness (QED) is 0.780. The Balaban J connectivity index is 1.76. The van der Waals surface area contributed by atoms with Gasteiger partial charge in [0.2, 0.25) is 15.9 Å². The molecule has 2 aromatic rings. The van der Waals surface area contributed by atoms with E-state index in [9.17, 15) is 13.2 Å². The summed E-state index contributed by atoms with van der Waals surface area (Å²) in [7, 11) is -3.57. The lowest BCUT2D eigenvalue weighted by atomic mass is 9.88. The van der Waals surface area contributed by atoms with Gasteiger partial charge in [0.1, 0.15) is 6.54 Å². The van der Waals surface area contributed by atoms with E-state index in [4.69, 9.17) is 0 Å². The maximum atomic E-state index is 12.6. The summed E-state index contributed by atoms with van der Waals surface area (Å²) >= 11 is 3.33. The van der Waals surface area contributed by atoms with Gasteiger partial charge >= 0.3 is 0 Å². The zero-order valence-corrected chi connectivity index (χ0v) is 16.9. The van der Waals surface area contributed by atoms with E-state index in [0.717, 1.165) is 39.9 Å². The van der Waals surface area contributed by atoms with Crippen LogP contribution in [0.1, 0.15) is 30.0 Å². The normalized spacial score (nSPS) is 16.6. The molecule has 0 radical (unpaired) electrons. The molecule has 138 valence electrons. The average molecular weight is 437 g/mol. The van der Waals surface area contributed by atoms with Crippen LogP contribution in [0.5, 0.6) is 0 Å². The number of hydrogen-bond acceptors (Lipinski definition) is 3. The number of carbonyl (C=O) groups excluding carboxylic acids is 1. The number of benzene rings is 2. The third kappa shape index (κ3) is 4.45. The number of aryl methyl sites for hydroxylation is 1. The number of carbonyl (C=O) groups is 1. The first-order valence-corrected chi connectivity index (χ1v) is 11.1. The summed E-state index contributed by atoms with van der Waals surface area (Å²) in [6, 6.07) is 14.9. The smallest absolute Gasteiger partial charge is 0.241 e. The molecule has 0 heterocycles. The number of fused-ring (bicyclic) bond motifs is 1. The lowest BCUT2D eigenvalue weighted by Gasteiger charge is -2.28. The van der Waals surface area contributed by atoms with Gasteiger partial charge in [0.15, 0.2) is 0 Å². The zero-order valence-electron chi connectivity index (χ0n) is 14.5. The van der Waals surface area contributed by atoms with Crippen molar-refractivity contribution in [3.63, 3.8) is 0 Å². The molecule has 1 aliphatic carbocycles. The molecule has 0 bridgehead atoms. The molecule has 0 unspecified atom stereocenters. The minimum atomic E-state index is -3.57. The Bertz CT molecular complexity index is 897. The number of nitrogens with zero attached hydrogens (tertiary/aromatic N) is 1. The maximum Gasteiger partial charge on any atom is 0.241 e. The summed E-state index contributed by atoms with van der Waals surface area (Å²) < 4.78 is 26.3. The van der Waals surface area contributed by atoms with Crippen molar-refractivity contribution >= 4 is 37.5 Å². The van der Waals surface area contributed by atoms with Crippen molar-refractivity contribution in [1.82, 2.24) is 5.32 Å². The van der Waals surface area contributed by atoms with Crippen molar-refractivity contribution < 1.29 is 13.2 Å². The van der Waals surface area contributed by atoms with Gasteiger partial charge in [0, 0.05) is 4.47 Å². The van der Waals surface area contributed by atoms with Crippen molar-refractivity contribution in [2.45, 2.75) is 25.3 Å². The third-order valence-electron chi connectivity index (χ3n) is 4.51. The van der Waals surface area contributed by atoms with E-state index in [0.29, 0.717) is 5.69 Å². The van der Waals surface area contributed by atoms with E-state index in [1.807, 2.05) is 18.2 Å². The molecule has 1 amide bonds. The van der Waals surface area contributed by atoms with Crippen molar-refractivity contribution in [1.29, 1.82) is 0 Å². The molecule has 7 heteroatoms. The van der Waals surface area contributed by atoms with Gasteiger partial charge in [-0.15, -0.1) is 0 Å². The topological polar surface area (TPSA) is 66.5 Å². The molecule has 0 fully saturated rings. The highest BCUT2D eigenvalue weighted by Gasteiger charge is 2.25. The number of anilines is 1. The SMILES string of the molecule is CS(=O)(=O)N(CC(=O)N[C@H]1CCCc2ccccc21)c1ccc(Br)cc1. The van der Waals surface area contributed by atoms with E-state index in [-0.39, 0.29) is 18.5 Å². The molecule has 1 N–H and O–H groups in total. The first-order chi connectivity index (χ1) is 12.3. The van der Waals surface area contributed by atoms with Gasteiger partial charge in [-0.3, -0.25) is 9.10 Å². The Labute approximate surface area is 162 Å². The molecule has 0 saturated carbocycles. The van der Waals surface area contributed by atoms with Crippen LogP contribution in [0.25, 0.3) is 0 Å². The minimum Gasteiger partial charge on any atom is -0.348 e. The second-order valence-corrected chi connectivity index (χ2v) is 9.28. The number of rotatable bonds is 5. The number of nitrogens with one attached hydrogen (secondary N) is 1. The average Bonchev–Trinajstić information content (AvgIpc) is 2.60. The summed E-state index contributed by atoms with van der Waals surface area (Å²) in [5.74, 6) is -0.306. The number of sulfonamides is 1. The molecule has 3 rings (SSSR count). The first kappa shape index (κ1) is 18.9. The van der Waals surface area contributed by atoms with E-state index in [1.165, 1.54) is 5.56 Å². The fourth-order valence-electron chi connectivity index (χ4n) is 3.28. The van der Waals surface area contributed by atoms with Gasteiger partial charge < -0.3 is 5.32 Å². The van der Waals surface area contributed by atoms with Crippen LogP contribution in [0.4, 0.5) is 5.69 Å². The van der Waals surface area contributed by atoms with Crippen molar-refractivity contribution in [3.05, 3.63) is 64.1 Å². The molecule has 1 aliphatic rings. The largest absolute Gasteiger partial charge is 0.348 e. The highest BCUT2D eigenvalue weighted by Crippen LogP contribution is 2.29. The van der Waals surface area contributed by atoms with Gasteiger partial charge in [0.05, 0.1) is 18.0 Å². The fraction of sp³-hybridized carbons (Fsp3) is 0.316. The van der Waals surface area contributed by atoms with Crippen LogP contribution in [0.15, 0.2) is 53.0 Å². The van der Waals surface area contributed by atoms with E-state index in [2.05, 4.69) is 27.3 Å². The lowest BCUT2D eigenvalue weighted by Crippen LogP contribution is -2.42. The molecule has 0 saturated heterocycles. The molecule has 26 heavy (non-hydrogen) atoms. The van der Waals surface area contributed by atoms with Crippen molar-refractivity contribution in [2.24, 2.45) is 0 Å². The molecule has 0 spiro atoms. The third-order valence-corrected chi connectivity index (χ3v) is 6.18. The molecular weight excluding hydrogens is 416 g/mol. The Morgan fingerprint density at radius 3 is 2.58 bits per heavy atom. The summed E-state index contributed by atoms with van der Waals surface area (Å²) in [6.07, 6.45) is 3.99. The molecular formula is C19H21BrN2O3S. The summed E-state index contributed by atoms with van der Waals surface area (Å²) in [5, 5.41) is 3.00. The predicted octanol–water partition coefficient (Wildman–Crippen LogP) is 3.41. The van der Waals surface area contributed by atoms with Gasteiger partial charge in [-0.25, -0.2) is 8.42 Å². The molecule has 0 aliphatic heterocycles. The van der Waals surface area contributed by atoms with E-state index >= 15 is 0 Å². The number of hydrogen-bond donors (Lipinski definition) is 1. The highest BCUT2D eigenvalue weighted by molar-refractivity contribution is 9.10. The lowest BCUT2D eigenvalue weighted by molar-refractivity contribution is -0.120. The Morgan fingerprint density at radius 1 is 1.19 bits per heavy atom. The zero-order chi connectivity index (χ0) is 18.7. The summed E-state index contributed by atoms with van der Waals surface area (Å²) in [6.45, 7) is -0.237. The molecule has 1 atom stereocenters. The van der Waals surface area contributed by atoms with Gasteiger partial charge in [-0.05, 0) is 54.7 Å². The Hall–Kier alpha value is -1.86. The van der Waals surface area contributed by atoms with Crippen LogP contribution in [-0.2, 0) is 21.2 Å². The second kappa shape index (κ2) is 7.80. The van der Waals surface area contributed by atoms with E-state index < -0.39 is 10.0 Å². The standard InChI is InChI=1S/C19H21BrN2O3S/c1-26(24,25)22(16-11-9-15(20)10-12-16)13-19(23)21-18-8-4-6-14-5-2-3-7-17(14)18/h2-3,5,7,9-12,18H,4,6,8,13H2,1H3,(H,21,23)/t18-/m0/s1. The fourth-order valence-corrected chi connectivity index (χ4v) is 4.40. The summed E-state index contributed by atoms with van der Waals surface area (Å²) in [4.78, 5) is 12.6. The Kier molecular flexibility index (Phi) is 5.67. The van der Waals surface area contributed by atoms with Crippen LogP contribution in [0.2, 0.25) is 0 Å². The first-order valence-electron chi connectivity index (χ1n) is 8.45. The number of amides is 1. The highest BCUT2D eigenvalue weighted by atomic mass is 79.9. The van der Waals surface area contributed by atoms with Crippen molar-refractivity contribution in [2.75, 3.05) is 17.1 Å². The second-order valence-electron chi connectivity index (χ2n) is 6.46. The van der Waals surface area contributed by atoms with Gasteiger partial charge in [0.25, 0.3) is 0 Å².